The van der Waals surface area contributed by atoms with E-state index in [1.807, 2.05) is 18.2 Å². The van der Waals surface area contributed by atoms with Crippen LogP contribution in [-0.4, -0.2) is 36.7 Å². The average Bonchev–Trinajstić information content (AvgIpc) is 3.06. The van der Waals surface area contributed by atoms with Gasteiger partial charge in [0.25, 0.3) is 0 Å². The van der Waals surface area contributed by atoms with Crippen LogP contribution in [0.25, 0.3) is 0 Å². The van der Waals surface area contributed by atoms with E-state index in [4.69, 9.17) is 9.47 Å². The van der Waals surface area contributed by atoms with Crippen molar-refractivity contribution in [1.82, 2.24) is 10.2 Å². The van der Waals surface area contributed by atoms with Gasteiger partial charge in [0.2, 0.25) is 12.7 Å². The van der Waals surface area contributed by atoms with Gasteiger partial charge < -0.3 is 14.8 Å². The summed E-state index contributed by atoms with van der Waals surface area (Å²) >= 11 is 0. The zero-order chi connectivity index (χ0) is 17.8. The molecule has 1 amide bonds. The minimum atomic E-state index is 0.133. The smallest absolute Gasteiger partial charge is 0.234 e. The fourth-order valence-corrected chi connectivity index (χ4v) is 3.82. The van der Waals surface area contributed by atoms with Gasteiger partial charge in [0, 0.05) is 12.6 Å². The molecule has 1 heterocycles. The van der Waals surface area contributed by atoms with E-state index in [1.54, 1.807) is 0 Å². The molecule has 1 aromatic carbocycles. The number of carbonyl (C=O) groups excluding carboxylic acids is 1. The predicted molar refractivity (Wildman–Crippen MR) is 97.6 cm³/mol. The van der Waals surface area contributed by atoms with Gasteiger partial charge >= 0.3 is 0 Å². The van der Waals surface area contributed by atoms with E-state index in [2.05, 4.69) is 31.0 Å². The Labute approximate surface area is 150 Å². The van der Waals surface area contributed by atoms with E-state index >= 15 is 0 Å². The van der Waals surface area contributed by atoms with Gasteiger partial charge in [-0.05, 0) is 42.5 Å². The number of carbonyl (C=O) groups is 1. The summed E-state index contributed by atoms with van der Waals surface area (Å²) < 4.78 is 10.8. The number of nitrogens with one attached hydrogen (secondary N) is 1. The van der Waals surface area contributed by atoms with Crippen molar-refractivity contribution in [3.8, 4) is 11.5 Å². The van der Waals surface area contributed by atoms with Crippen molar-refractivity contribution in [2.24, 2.45) is 11.8 Å². The molecule has 0 aromatic heterocycles. The highest BCUT2D eigenvalue weighted by atomic mass is 16.7. The van der Waals surface area contributed by atoms with E-state index in [0.717, 1.165) is 36.6 Å². The molecule has 1 N–H and O–H groups in total. The third-order valence-corrected chi connectivity index (χ3v) is 5.71. The highest BCUT2D eigenvalue weighted by Gasteiger charge is 2.28. The van der Waals surface area contributed by atoms with Gasteiger partial charge in [0.1, 0.15) is 0 Å². The normalized spacial score (nSPS) is 25.2. The lowest BCUT2D eigenvalue weighted by Crippen LogP contribution is -2.47. The molecule has 138 valence electrons. The zero-order valence-electron chi connectivity index (χ0n) is 15.6. The van der Waals surface area contributed by atoms with Crippen molar-refractivity contribution in [3.05, 3.63) is 23.8 Å². The van der Waals surface area contributed by atoms with E-state index in [1.165, 1.54) is 12.8 Å². The van der Waals surface area contributed by atoms with Crippen molar-refractivity contribution in [3.63, 3.8) is 0 Å². The minimum absolute atomic E-state index is 0.133. The van der Waals surface area contributed by atoms with E-state index < -0.39 is 0 Å². The SMILES string of the molecule is CCN(CC(=O)NC1CCCC(C)C1C)Cc1ccc2c(c1)OCO2. The van der Waals surface area contributed by atoms with Crippen LogP contribution >= 0.6 is 0 Å². The average molecular weight is 346 g/mol. The number of fused-ring (bicyclic) bond motifs is 1. The maximum Gasteiger partial charge on any atom is 0.234 e. The zero-order valence-corrected chi connectivity index (χ0v) is 15.6. The number of hydrogen-bond donors (Lipinski definition) is 1. The lowest BCUT2D eigenvalue weighted by molar-refractivity contribution is -0.123. The lowest BCUT2D eigenvalue weighted by Gasteiger charge is -2.35. The van der Waals surface area contributed by atoms with Crippen molar-refractivity contribution < 1.29 is 14.3 Å². The number of rotatable bonds is 6. The molecule has 0 radical (unpaired) electrons. The van der Waals surface area contributed by atoms with Crippen molar-refractivity contribution in [2.45, 2.75) is 52.6 Å². The second kappa shape index (κ2) is 8.09. The van der Waals surface area contributed by atoms with Gasteiger partial charge in [0.05, 0.1) is 6.54 Å². The predicted octanol–water partition coefficient (Wildman–Crippen LogP) is 3.18. The van der Waals surface area contributed by atoms with Gasteiger partial charge in [-0.1, -0.05) is 39.7 Å². The number of ether oxygens (including phenoxy) is 2. The van der Waals surface area contributed by atoms with Crippen molar-refractivity contribution in [1.29, 1.82) is 0 Å². The van der Waals surface area contributed by atoms with E-state index in [9.17, 15) is 4.79 Å². The Bertz CT molecular complexity index is 605. The Morgan fingerprint density at radius 2 is 2.04 bits per heavy atom. The second-order valence-electron chi connectivity index (χ2n) is 7.43. The first-order valence-electron chi connectivity index (χ1n) is 9.47. The molecule has 1 fully saturated rings. The maximum atomic E-state index is 12.5. The van der Waals surface area contributed by atoms with Gasteiger partial charge in [-0.25, -0.2) is 0 Å². The van der Waals surface area contributed by atoms with Crippen LogP contribution in [0, 0.1) is 11.8 Å². The van der Waals surface area contributed by atoms with Crippen LogP contribution in [0.15, 0.2) is 18.2 Å². The first-order chi connectivity index (χ1) is 12.1. The summed E-state index contributed by atoms with van der Waals surface area (Å²) in [6.45, 7) is 8.93. The van der Waals surface area contributed by atoms with Crippen LogP contribution in [0.4, 0.5) is 0 Å². The van der Waals surface area contributed by atoms with Crippen LogP contribution in [-0.2, 0) is 11.3 Å². The molecule has 2 aliphatic rings. The van der Waals surface area contributed by atoms with E-state index in [0.29, 0.717) is 24.4 Å². The standard InChI is InChI=1S/C20H30N2O3/c1-4-22(11-16-8-9-18-19(10-16)25-13-24-18)12-20(23)21-17-7-5-6-14(2)15(17)3/h8-10,14-15,17H,4-7,11-13H2,1-3H3,(H,21,23). The fourth-order valence-electron chi connectivity index (χ4n) is 3.82. The van der Waals surface area contributed by atoms with Crippen molar-refractivity contribution in [2.75, 3.05) is 19.9 Å². The molecule has 5 heteroatoms. The molecule has 3 atom stereocenters. The summed E-state index contributed by atoms with van der Waals surface area (Å²) in [5, 5.41) is 3.27. The third-order valence-electron chi connectivity index (χ3n) is 5.71. The molecule has 5 nitrogen and oxygen atoms in total. The molecule has 25 heavy (non-hydrogen) atoms. The summed E-state index contributed by atoms with van der Waals surface area (Å²) in [5.74, 6) is 2.97. The van der Waals surface area contributed by atoms with Crippen LogP contribution in [0.5, 0.6) is 11.5 Å². The second-order valence-corrected chi connectivity index (χ2v) is 7.43. The summed E-state index contributed by atoms with van der Waals surface area (Å²) in [4.78, 5) is 14.7. The summed E-state index contributed by atoms with van der Waals surface area (Å²) in [5.41, 5.74) is 1.14. The largest absolute Gasteiger partial charge is 0.454 e. The molecule has 1 aromatic rings. The van der Waals surface area contributed by atoms with Crippen molar-refractivity contribution >= 4 is 5.91 Å². The number of benzene rings is 1. The molecule has 1 aliphatic heterocycles. The Kier molecular flexibility index (Phi) is 5.84. The monoisotopic (exact) mass is 346 g/mol. The first-order valence-corrected chi connectivity index (χ1v) is 9.47. The molecular formula is C20H30N2O3. The van der Waals surface area contributed by atoms with Gasteiger partial charge in [0.15, 0.2) is 11.5 Å². The number of amides is 1. The number of hydrogen-bond acceptors (Lipinski definition) is 4. The summed E-state index contributed by atoms with van der Waals surface area (Å²) in [6.07, 6.45) is 3.59. The molecule has 0 spiro atoms. The quantitative estimate of drug-likeness (QED) is 0.859. The van der Waals surface area contributed by atoms with Crippen LogP contribution in [0.2, 0.25) is 0 Å². The maximum absolute atomic E-state index is 12.5. The van der Waals surface area contributed by atoms with Crippen LogP contribution in [0.1, 0.15) is 45.6 Å². The van der Waals surface area contributed by atoms with Gasteiger partial charge in [-0.15, -0.1) is 0 Å². The molecular weight excluding hydrogens is 316 g/mol. The fraction of sp³-hybridized carbons (Fsp3) is 0.650. The highest BCUT2D eigenvalue weighted by Crippen LogP contribution is 2.33. The van der Waals surface area contributed by atoms with Gasteiger partial charge in [-0.2, -0.15) is 0 Å². The topological polar surface area (TPSA) is 50.8 Å². The Hall–Kier alpha value is -1.75. The molecule has 3 unspecified atom stereocenters. The Balaban J connectivity index is 1.53. The van der Waals surface area contributed by atoms with Crippen LogP contribution in [0.3, 0.4) is 0 Å². The Morgan fingerprint density at radius 3 is 2.84 bits per heavy atom. The number of likely N-dealkylation sites (N-methyl/N-ethyl adjacent to an activating group) is 1. The molecule has 3 rings (SSSR count). The lowest BCUT2D eigenvalue weighted by atomic mass is 9.78. The minimum Gasteiger partial charge on any atom is -0.454 e. The molecule has 1 saturated carbocycles. The first kappa shape index (κ1) is 18.1. The molecule has 1 aliphatic carbocycles. The van der Waals surface area contributed by atoms with Gasteiger partial charge in [-0.3, -0.25) is 9.69 Å². The summed E-state index contributed by atoms with van der Waals surface area (Å²) in [6, 6.07) is 6.31. The van der Waals surface area contributed by atoms with E-state index in [-0.39, 0.29) is 12.7 Å². The highest BCUT2D eigenvalue weighted by molar-refractivity contribution is 5.78. The Morgan fingerprint density at radius 1 is 1.24 bits per heavy atom. The number of nitrogens with zero attached hydrogens (tertiary/aromatic N) is 1. The van der Waals surface area contributed by atoms with Crippen LogP contribution < -0.4 is 14.8 Å². The molecule has 0 bridgehead atoms. The molecule has 0 saturated heterocycles. The third kappa shape index (κ3) is 4.46. The summed E-state index contributed by atoms with van der Waals surface area (Å²) in [7, 11) is 0.